The van der Waals surface area contributed by atoms with Crippen molar-refractivity contribution in [2.45, 2.75) is 25.4 Å². The third kappa shape index (κ3) is 3.89. The SMILES string of the molecule is Cc1cc(O)c(C(=O)OC(C(F)(F)F)C(F)(F)F)c(=O)o1. The molecule has 0 aliphatic carbocycles. The molecule has 0 unspecified atom stereocenters. The van der Waals surface area contributed by atoms with E-state index in [2.05, 4.69) is 9.15 Å². The van der Waals surface area contributed by atoms with Gasteiger partial charge in [0.25, 0.3) is 6.10 Å². The molecule has 0 bridgehead atoms. The predicted molar refractivity (Wildman–Crippen MR) is 52.7 cm³/mol. The summed E-state index contributed by atoms with van der Waals surface area (Å²) in [4.78, 5) is 22.5. The zero-order chi connectivity index (χ0) is 16.6. The molecule has 0 aromatic carbocycles. The minimum Gasteiger partial charge on any atom is -0.507 e. The second-order valence-electron chi connectivity index (χ2n) is 3.77. The number of aromatic hydroxyl groups is 1. The van der Waals surface area contributed by atoms with Gasteiger partial charge in [-0.2, -0.15) is 26.3 Å². The lowest BCUT2D eigenvalue weighted by Crippen LogP contribution is -2.46. The molecule has 0 fully saturated rings. The van der Waals surface area contributed by atoms with Gasteiger partial charge in [-0.3, -0.25) is 0 Å². The fraction of sp³-hybridized carbons (Fsp3) is 0.400. The smallest absolute Gasteiger partial charge is 0.434 e. The summed E-state index contributed by atoms with van der Waals surface area (Å²) in [6.07, 6.45) is -16.3. The minimum atomic E-state index is -5.94. The molecule has 118 valence electrons. The Hall–Kier alpha value is -2.20. The quantitative estimate of drug-likeness (QED) is 0.668. The Morgan fingerprint density at radius 3 is 2.10 bits per heavy atom. The first-order valence-electron chi connectivity index (χ1n) is 5.02. The van der Waals surface area contributed by atoms with Gasteiger partial charge in [-0.1, -0.05) is 0 Å². The molecule has 1 aromatic rings. The molecule has 0 aliphatic heterocycles. The minimum absolute atomic E-state index is 0.211. The van der Waals surface area contributed by atoms with Crippen molar-refractivity contribution in [1.82, 2.24) is 0 Å². The number of rotatable bonds is 2. The summed E-state index contributed by atoms with van der Waals surface area (Å²) in [5.74, 6) is -3.67. The van der Waals surface area contributed by atoms with Gasteiger partial charge in [0.1, 0.15) is 11.5 Å². The number of carbonyl (C=O) groups is 1. The van der Waals surface area contributed by atoms with Crippen LogP contribution in [0.5, 0.6) is 5.75 Å². The van der Waals surface area contributed by atoms with Crippen LogP contribution in [0.3, 0.4) is 0 Å². The first-order valence-corrected chi connectivity index (χ1v) is 5.02. The van der Waals surface area contributed by atoms with E-state index >= 15 is 0 Å². The first kappa shape index (κ1) is 16.9. The summed E-state index contributed by atoms with van der Waals surface area (Å²) in [6.45, 7) is 1.16. The van der Waals surface area contributed by atoms with Crippen molar-refractivity contribution < 1.29 is 45.4 Å². The zero-order valence-electron chi connectivity index (χ0n) is 10.0. The lowest BCUT2D eigenvalue weighted by molar-refractivity contribution is -0.307. The van der Waals surface area contributed by atoms with Crippen molar-refractivity contribution in [3.63, 3.8) is 0 Å². The summed E-state index contributed by atoms with van der Waals surface area (Å²) in [6, 6.07) is 0.661. The summed E-state index contributed by atoms with van der Waals surface area (Å²) >= 11 is 0. The summed E-state index contributed by atoms with van der Waals surface area (Å²) in [5, 5.41) is 9.24. The van der Waals surface area contributed by atoms with E-state index in [0.717, 1.165) is 6.92 Å². The number of carbonyl (C=O) groups excluding carboxylic acids is 1. The van der Waals surface area contributed by atoms with E-state index < -0.39 is 41.4 Å². The molecule has 0 saturated carbocycles. The van der Waals surface area contributed by atoms with E-state index in [9.17, 15) is 41.0 Å². The Morgan fingerprint density at radius 1 is 1.24 bits per heavy atom. The van der Waals surface area contributed by atoms with Crippen LogP contribution in [0, 0.1) is 6.92 Å². The molecule has 0 atom stereocenters. The van der Waals surface area contributed by atoms with Gasteiger partial charge < -0.3 is 14.3 Å². The molecule has 21 heavy (non-hydrogen) atoms. The van der Waals surface area contributed by atoms with Gasteiger partial charge >= 0.3 is 23.9 Å². The fourth-order valence-corrected chi connectivity index (χ4v) is 1.27. The Bertz CT molecular complexity index is 585. The number of aryl methyl sites for hydroxylation is 1. The maximum atomic E-state index is 12.2. The molecule has 1 N–H and O–H groups in total. The van der Waals surface area contributed by atoms with Gasteiger partial charge in [0.05, 0.1) is 0 Å². The number of hydrogen-bond donors (Lipinski definition) is 1. The largest absolute Gasteiger partial charge is 0.507 e. The molecular weight excluding hydrogens is 314 g/mol. The topological polar surface area (TPSA) is 76.7 Å². The third-order valence-electron chi connectivity index (χ3n) is 2.08. The number of halogens is 6. The molecule has 1 aromatic heterocycles. The molecule has 11 heteroatoms. The Kier molecular flexibility index (Phi) is 4.25. The standard InChI is InChI=1S/C10H6F6O5/c1-3-2-4(17)5(6(18)20-3)7(19)21-8(9(11,12)13)10(14,15)16/h2,8,17H,1H3. The zero-order valence-corrected chi connectivity index (χ0v) is 10.0. The van der Waals surface area contributed by atoms with Crippen LogP contribution in [0.25, 0.3) is 0 Å². The van der Waals surface area contributed by atoms with Crippen molar-refractivity contribution >= 4 is 5.97 Å². The van der Waals surface area contributed by atoms with Crippen LogP contribution < -0.4 is 5.63 Å². The second kappa shape index (κ2) is 5.30. The van der Waals surface area contributed by atoms with Crippen molar-refractivity contribution in [3.8, 4) is 5.75 Å². The normalized spacial score (nSPS) is 12.6. The lowest BCUT2D eigenvalue weighted by atomic mass is 10.2. The van der Waals surface area contributed by atoms with Gasteiger partial charge in [-0.15, -0.1) is 0 Å². The number of hydrogen-bond acceptors (Lipinski definition) is 5. The van der Waals surface area contributed by atoms with Gasteiger partial charge in [-0.25, -0.2) is 9.59 Å². The molecule has 0 amide bonds. The van der Waals surface area contributed by atoms with Crippen LogP contribution in [0.1, 0.15) is 16.1 Å². The van der Waals surface area contributed by atoms with Crippen molar-refractivity contribution in [3.05, 3.63) is 27.8 Å². The Balaban J connectivity index is 3.19. The van der Waals surface area contributed by atoms with E-state index in [-0.39, 0.29) is 5.76 Å². The molecule has 1 rings (SSSR count). The van der Waals surface area contributed by atoms with Crippen LogP contribution in [0.4, 0.5) is 26.3 Å². The highest BCUT2D eigenvalue weighted by Gasteiger charge is 2.60. The number of esters is 1. The molecule has 1 heterocycles. The van der Waals surface area contributed by atoms with Crippen LogP contribution >= 0.6 is 0 Å². The summed E-state index contributed by atoms with van der Waals surface area (Å²) in [5.41, 5.74) is -3.08. The van der Waals surface area contributed by atoms with Gasteiger partial charge in [-0.05, 0) is 6.92 Å². The van der Waals surface area contributed by atoms with Gasteiger partial charge in [0, 0.05) is 6.07 Å². The average Bonchev–Trinajstić information content (AvgIpc) is 2.21. The van der Waals surface area contributed by atoms with Crippen molar-refractivity contribution in [2.75, 3.05) is 0 Å². The monoisotopic (exact) mass is 320 g/mol. The fourth-order valence-electron chi connectivity index (χ4n) is 1.27. The van der Waals surface area contributed by atoms with Crippen LogP contribution in [-0.2, 0) is 4.74 Å². The van der Waals surface area contributed by atoms with E-state index in [1.807, 2.05) is 0 Å². The first-order chi connectivity index (χ1) is 9.34. The summed E-state index contributed by atoms with van der Waals surface area (Å²) in [7, 11) is 0. The number of alkyl halides is 6. The lowest BCUT2D eigenvalue weighted by Gasteiger charge is -2.22. The molecule has 0 aliphatic rings. The predicted octanol–water partition coefficient (Wildman–Crippen LogP) is 2.30. The molecule has 0 saturated heterocycles. The maximum Gasteiger partial charge on any atom is 0.434 e. The van der Waals surface area contributed by atoms with Crippen LogP contribution in [0.2, 0.25) is 0 Å². The maximum absolute atomic E-state index is 12.2. The third-order valence-corrected chi connectivity index (χ3v) is 2.08. The van der Waals surface area contributed by atoms with Crippen molar-refractivity contribution in [2.24, 2.45) is 0 Å². The highest BCUT2D eigenvalue weighted by Crippen LogP contribution is 2.36. The molecule has 5 nitrogen and oxygen atoms in total. The molecule has 0 spiro atoms. The van der Waals surface area contributed by atoms with Gasteiger partial charge in [0.15, 0.2) is 5.56 Å². The average molecular weight is 320 g/mol. The summed E-state index contributed by atoms with van der Waals surface area (Å²) < 4.78 is 80.7. The molecular formula is C10H6F6O5. The highest BCUT2D eigenvalue weighted by molar-refractivity contribution is 5.91. The van der Waals surface area contributed by atoms with E-state index in [1.165, 1.54) is 0 Å². The van der Waals surface area contributed by atoms with Crippen molar-refractivity contribution in [1.29, 1.82) is 0 Å². The Labute approximate surface area is 111 Å². The Morgan fingerprint density at radius 2 is 1.71 bits per heavy atom. The highest BCUT2D eigenvalue weighted by atomic mass is 19.4. The van der Waals surface area contributed by atoms with E-state index in [4.69, 9.17) is 0 Å². The number of ether oxygens (including phenoxy) is 1. The van der Waals surface area contributed by atoms with E-state index in [1.54, 1.807) is 0 Å². The second-order valence-corrected chi connectivity index (χ2v) is 3.77. The van der Waals surface area contributed by atoms with E-state index in [0.29, 0.717) is 6.07 Å². The molecule has 0 radical (unpaired) electrons. The van der Waals surface area contributed by atoms with Gasteiger partial charge in [0.2, 0.25) is 0 Å². The van der Waals surface area contributed by atoms with Crippen LogP contribution in [-0.4, -0.2) is 29.5 Å². The van der Waals surface area contributed by atoms with Crippen LogP contribution in [0.15, 0.2) is 15.3 Å².